The Balaban J connectivity index is 1.62. The fourth-order valence-corrected chi connectivity index (χ4v) is 4.94. The number of aromatic nitrogens is 4. The molecular formula is C21H18N6O2S2. The van der Waals surface area contributed by atoms with Gasteiger partial charge < -0.3 is 10.1 Å². The summed E-state index contributed by atoms with van der Waals surface area (Å²) in [5, 5.41) is 19.3. The fraction of sp³-hybridized carbons (Fsp3) is 0.190. The Morgan fingerprint density at radius 3 is 2.81 bits per heavy atom. The van der Waals surface area contributed by atoms with Crippen LogP contribution in [0.25, 0.3) is 21.3 Å². The molecule has 0 saturated heterocycles. The Labute approximate surface area is 186 Å². The monoisotopic (exact) mass is 450 g/mol. The summed E-state index contributed by atoms with van der Waals surface area (Å²) in [6.07, 6.45) is 2.94. The summed E-state index contributed by atoms with van der Waals surface area (Å²) >= 11 is 2.88. The molecule has 1 unspecified atom stereocenters. The van der Waals surface area contributed by atoms with Crippen molar-refractivity contribution in [2.24, 2.45) is 7.05 Å². The van der Waals surface area contributed by atoms with Gasteiger partial charge >= 0.3 is 0 Å². The van der Waals surface area contributed by atoms with E-state index in [0.29, 0.717) is 11.4 Å². The van der Waals surface area contributed by atoms with Gasteiger partial charge in [-0.15, -0.1) is 11.3 Å². The summed E-state index contributed by atoms with van der Waals surface area (Å²) in [5.74, 6) is 0.923. The molecular weight excluding hydrogens is 432 g/mol. The third kappa shape index (κ3) is 4.10. The van der Waals surface area contributed by atoms with Gasteiger partial charge in [-0.25, -0.2) is 9.97 Å². The zero-order chi connectivity index (χ0) is 22.0. The van der Waals surface area contributed by atoms with Gasteiger partial charge in [-0.1, -0.05) is 23.9 Å². The SMILES string of the molecule is COc1ccc(-c2csc3ncnc(SC(C)C(=O)Nc4c(C#N)cnn4C)c23)cc1. The normalized spacial score (nSPS) is 11.8. The van der Waals surface area contributed by atoms with Gasteiger partial charge in [-0.05, 0) is 24.6 Å². The van der Waals surface area contributed by atoms with Crippen molar-refractivity contribution in [3.05, 3.63) is 47.7 Å². The van der Waals surface area contributed by atoms with E-state index in [1.54, 1.807) is 21.1 Å². The van der Waals surface area contributed by atoms with Crippen LogP contribution in [0, 0.1) is 11.3 Å². The predicted octanol–water partition coefficient (Wildman–Crippen LogP) is 4.09. The number of fused-ring (bicyclic) bond motifs is 1. The molecule has 1 aromatic carbocycles. The van der Waals surface area contributed by atoms with Gasteiger partial charge in [0.25, 0.3) is 0 Å². The topological polar surface area (TPSA) is 106 Å². The molecule has 31 heavy (non-hydrogen) atoms. The molecule has 156 valence electrons. The number of carbonyl (C=O) groups excluding carboxylic acids is 1. The number of thioether (sulfide) groups is 1. The standard InChI is InChI=1S/C21H18N6O2S2/c1-12(19(28)26-18-14(8-22)9-25-27(18)2)31-21-17-16(10-30-20(17)23-11-24-21)13-4-6-15(29-3)7-5-13/h4-7,9-12H,1-3H3,(H,26,28). The Bertz CT molecular complexity index is 1290. The number of carbonyl (C=O) groups is 1. The van der Waals surface area contributed by atoms with Gasteiger partial charge in [-0.2, -0.15) is 10.4 Å². The second-order valence-corrected chi connectivity index (χ2v) is 8.82. The largest absolute Gasteiger partial charge is 0.497 e. The number of nitriles is 1. The van der Waals surface area contributed by atoms with Crippen molar-refractivity contribution in [3.63, 3.8) is 0 Å². The highest BCUT2D eigenvalue weighted by molar-refractivity contribution is 8.00. The Kier molecular flexibility index (Phi) is 5.88. The van der Waals surface area contributed by atoms with E-state index in [2.05, 4.69) is 20.4 Å². The molecule has 3 heterocycles. The lowest BCUT2D eigenvalue weighted by atomic mass is 10.1. The van der Waals surface area contributed by atoms with Gasteiger partial charge in [0.1, 0.15) is 39.4 Å². The molecule has 0 radical (unpaired) electrons. The highest BCUT2D eigenvalue weighted by Crippen LogP contribution is 2.39. The first-order valence-corrected chi connectivity index (χ1v) is 11.0. The highest BCUT2D eigenvalue weighted by Gasteiger charge is 2.22. The third-order valence-corrected chi connectivity index (χ3v) is 6.68. The Hall–Kier alpha value is -3.42. The van der Waals surface area contributed by atoms with E-state index < -0.39 is 5.25 Å². The number of nitrogens with one attached hydrogen (secondary N) is 1. The van der Waals surface area contributed by atoms with Crippen LogP contribution in [0.2, 0.25) is 0 Å². The van der Waals surface area contributed by atoms with Crippen LogP contribution >= 0.6 is 23.1 Å². The van der Waals surface area contributed by atoms with Crippen LogP contribution in [0.4, 0.5) is 5.82 Å². The van der Waals surface area contributed by atoms with E-state index >= 15 is 0 Å². The molecule has 8 nitrogen and oxygen atoms in total. The first kappa shape index (κ1) is 20.8. The molecule has 4 rings (SSSR count). The molecule has 0 spiro atoms. The fourth-order valence-electron chi connectivity index (χ4n) is 3.03. The van der Waals surface area contributed by atoms with Crippen molar-refractivity contribution >= 4 is 45.0 Å². The Morgan fingerprint density at radius 1 is 1.32 bits per heavy atom. The number of benzene rings is 1. The van der Waals surface area contributed by atoms with Crippen molar-refractivity contribution in [2.45, 2.75) is 17.2 Å². The number of ether oxygens (including phenoxy) is 1. The summed E-state index contributed by atoms with van der Waals surface area (Å²) in [7, 11) is 3.31. The second-order valence-electron chi connectivity index (χ2n) is 6.63. The van der Waals surface area contributed by atoms with Crippen LogP contribution in [0.3, 0.4) is 0 Å². The smallest absolute Gasteiger partial charge is 0.238 e. The summed E-state index contributed by atoms with van der Waals surface area (Å²) in [5.41, 5.74) is 2.35. The van der Waals surface area contributed by atoms with E-state index in [1.807, 2.05) is 35.7 Å². The zero-order valence-corrected chi connectivity index (χ0v) is 18.6. The predicted molar refractivity (Wildman–Crippen MR) is 121 cm³/mol. The van der Waals surface area contributed by atoms with Crippen LogP contribution in [0.1, 0.15) is 12.5 Å². The van der Waals surface area contributed by atoms with Crippen LogP contribution in [0.15, 0.2) is 47.2 Å². The molecule has 0 aliphatic heterocycles. The summed E-state index contributed by atoms with van der Waals surface area (Å²) in [6.45, 7) is 1.80. The lowest BCUT2D eigenvalue weighted by Crippen LogP contribution is -2.24. The minimum atomic E-state index is -0.455. The molecule has 10 heteroatoms. The minimum Gasteiger partial charge on any atom is -0.497 e. The van der Waals surface area contributed by atoms with Crippen molar-refractivity contribution in [3.8, 4) is 22.9 Å². The molecule has 0 bridgehead atoms. The maximum atomic E-state index is 12.8. The number of hydrogen-bond donors (Lipinski definition) is 1. The van der Waals surface area contributed by atoms with Crippen molar-refractivity contribution in [1.29, 1.82) is 5.26 Å². The number of aryl methyl sites for hydroxylation is 1. The molecule has 0 aliphatic rings. The molecule has 1 amide bonds. The van der Waals surface area contributed by atoms with Gasteiger partial charge in [0.2, 0.25) is 5.91 Å². The summed E-state index contributed by atoms with van der Waals surface area (Å²) in [6, 6.07) is 9.83. The number of nitrogens with zero attached hydrogens (tertiary/aromatic N) is 5. The van der Waals surface area contributed by atoms with Crippen LogP contribution in [-0.4, -0.2) is 38.0 Å². The van der Waals surface area contributed by atoms with Crippen molar-refractivity contribution in [1.82, 2.24) is 19.7 Å². The maximum Gasteiger partial charge on any atom is 0.238 e. The average Bonchev–Trinajstić information content (AvgIpc) is 3.38. The van der Waals surface area contributed by atoms with Gasteiger partial charge in [0.05, 0.1) is 23.9 Å². The molecule has 0 saturated carbocycles. The van der Waals surface area contributed by atoms with E-state index in [-0.39, 0.29) is 5.91 Å². The molecule has 4 aromatic rings. The summed E-state index contributed by atoms with van der Waals surface area (Å²) < 4.78 is 6.72. The van der Waals surface area contributed by atoms with E-state index in [4.69, 9.17) is 4.74 Å². The zero-order valence-electron chi connectivity index (χ0n) is 17.0. The number of amides is 1. The molecule has 1 atom stereocenters. The number of methoxy groups -OCH3 is 1. The minimum absolute atomic E-state index is 0.238. The quantitative estimate of drug-likeness (QED) is 0.348. The Morgan fingerprint density at radius 2 is 2.10 bits per heavy atom. The number of thiophene rings is 1. The first-order chi connectivity index (χ1) is 15.0. The third-order valence-electron chi connectivity index (χ3n) is 4.69. The summed E-state index contributed by atoms with van der Waals surface area (Å²) in [4.78, 5) is 22.5. The second kappa shape index (κ2) is 8.75. The van der Waals surface area contributed by atoms with Gasteiger partial charge in [0.15, 0.2) is 0 Å². The lowest BCUT2D eigenvalue weighted by molar-refractivity contribution is -0.115. The molecule has 0 fully saturated rings. The van der Waals surface area contributed by atoms with Gasteiger partial charge in [0, 0.05) is 18.0 Å². The van der Waals surface area contributed by atoms with E-state index in [9.17, 15) is 10.1 Å². The maximum absolute atomic E-state index is 12.8. The van der Waals surface area contributed by atoms with Crippen molar-refractivity contribution < 1.29 is 9.53 Å². The van der Waals surface area contributed by atoms with Crippen LogP contribution < -0.4 is 10.1 Å². The van der Waals surface area contributed by atoms with Crippen LogP contribution in [0.5, 0.6) is 5.75 Å². The van der Waals surface area contributed by atoms with Crippen LogP contribution in [-0.2, 0) is 11.8 Å². The number of anilines is 1. The van der Waals surface area contributed by atoms with Crippen molar-refractivity contribution in [2.75, 3.05) is 12.4 Å². The molecule has 0 aliphatic carbocycles. The highest BCUT2D eigenvalue weighted by atomic mass is 32.2. The molecule has 1 N–H and O–H groups in total. The van der Waals surface area contributed by atoms with E-state index in [1.165, 1.54) is 40.3 Å². The lowest BCUT2D eigenvalue weighted by Gasteiger charge is -2.13. The molecule has 3 aromatic heterocycles. The number of hydrogen-bond acceptors (Lipinski definition) is 8. The number of rotatable bonds is 6. The first-order valence-electron chi connectivity index (χ1n) is 9.28. The van der Waals surface area contributed by atoms with E-state index in [0.717, 1.165) is 32.1 Å². The average molecular weight is 451 g/mol. The van der Waals surface area contributed by atoms with Gasteiger partial charge in [-0.3, -0.25) is 9.48 Å².